The van der Waals surface area contributed by atoms with Gasteiger partial charge in [0.05, 0.1) is 16.7 Å². The molecule has 0 fully saturated rings. The Bertz CT molecular complexity index is 2900. The van der Waals surface area contributed by atoms with Crippen LogP contribution in [0.3, 0.4) is 0 Å². The molecule has 0 radical (unpaired) electrons. The average Bonchev–Trinajstić information content (AvgIpc) is 3.49. The van der Waals surface area contributed by atoms with E-state index in [9.17, 15) is 0 Å². The maximum absolute atomic E-state index is 3.87. The molecule has 0 amide bonds. The van der Waals surface area contributed by atoms with Gasteiger partial charge in [0.15, 0.2) is 0 Å². The Labute approximate surface area is 316 Å². The molecule has 0 N–H and O–H groups in total. The molecule has 5 aromatic carbocycles. The van der Waals surface area contributed by atoms with E-state index >= 15 is 0 Å². The number of hydrogen-bond acceptors (Lipinski definition) is 0. The van der Waals surface area contributed by atoms with E-state index in [-0.39, 0.29) is 31.9 Å². The Morgan fingerprint density at radius 3 is 1.50 bits per heavy atom. The summed E-state index contributed by atoms with van der Waals surface area (Å²) in [6, 6.07) is 52.1. The minimum absolute atomic E-state index is 0. The fourth-order valence-corrected chi connectivity index (χ4v) is 9.17. The van der Waals surface area contributed by atoms with Crippen molar-refractivity contribution in [2.45, 2.75) is 38.5 Å². The number of para-hydroxylation sites is 2. The van der Waals surface area contributed by atoms with Crippen LogP contribution in [-0.2, 0) is 31.9 Å². The van der Waals surface area contributed by atoms with E-state index in [2.05, 4.69) is 198 Å². The first-order valence-corrected chi connectivity index (χ1v) is 17.8. The summed E-state index contributed by atoms with van der Waals surface area (Å²) in [5, 5.41) is 4.71. The van der Waals surface area contributed by atoms with Crippen LogP contribution in [0.1, 0.15) is 49.9 Å². The van der Waals surface area contributed by atoms with Crippen molar-refractivity contribution in [3.8, 4) is 11.4 Å². The summed E-state index contributed by atoms with van der Waals surface area (Å²) in [6.45, 7) is 9.61. The van der Waals surface area contributed by atoms with Crippen molar-refractivity contribution < 1.29 is 29.9 Å². The van der Waals surface area contributed by atoms with E-state index in [1.807, 2.05) is 0 Å². The smallest absolute Gasteiger partial charge is 0.342 e. The molecule has 5 heteroatoms. The predicted octanol–water partition coefficient (Wildman–Crippen LogP) is 9.64. The molecule has 0 atom stereocenters. The number of nitrogens with zero attached hydrogens (tertiary/aromatic N) is 4. The van der Waals surface area contributed by atoms with Crippen LogP contribution in [-0.4, -0.2) is 9.13 Å². The minimum atomic E-state index is -0.234. The first kappa shape index (κ1) is 31.3. The number of rotatable bonds is 1. The quantitative estimate of drug-likeness (QED) is 0.116. The molecule has 0 spiro atoms. The predicted molar refractivity (Wildman–Crippen MR) is 205 cm³/mol. The number of benzene rings is 5. The maximum Gasteiger partial charge on any atom is 0.342 e. The number of hydrogen-bond donors (Lipinski definition) is 0. The normalized spacial score (nSPS) is 14.7. The molecule has 4 aromatic heterocycles. The molecule has 0 saturated carbocycles. The summed E-state index contributed by atoms with van der Waals surface area (Å²) >= 11 is 0. The van der Waals surface area contributed by atoms with E-state index < -0.39 is 0 Å². The summed E-state index contributed by atoms with van der Waals surface area (Å²) in [5.74, 6) is 0. The third-order valence-corrected chi connectivity index (χ3v) is 11.7. The molecule has 4 bridgehead atoms. The monoisotopic (exact) mass is 850 g/mol. The van der Waals surface area contributed by atoms with Gasteiger partial charge in [-0.2, -0.15) is 0 Å². The maximum atomic E-state index is 3.87. The van der Waals surface area contributed by atoms with Crippen LogP contribution in [0.5, 0.6) is 0 Å². The third-order valence-electron chi connectivity index (χ3n) is 11.7. The van der Waals surface area contributed by atoms with E-state index in [0.717, 1.165) is 38.5 Å². The first-order valence-electron chi connectivity index (χ1n) is 17.8. The topological polar surface area (TPSA) is 18.1 Å². The fourth-order valence-electron chi connectivity index (χ4n) is 9.17. The van der Waals surface area contributed by atoms with Crippen LogP contribution in [0, 0.1) is 12.1 Å². The van der Waals surface area contributed by atoms with Crippen LogP contribution in [0.15, 0.2) is 140 Å². The van der Waals surface area contributed by atoms with Gasteiger partial charge in [-0.1, -0.05) is 87.0 Å². The van der Waals surface area contributed by atoms with Crippen LogP contribution >= 0.6 is 0 Å². The van der Waals surface area contributed by atoms with Crippen molar-refractivity contribution >= 4 is 54.6 Å². The van der Waals surface area contributed by atoms with Gasteiger partial charge in [-0.3, -0.25) is 0 Å². The summed E-state index contributed by atoms with van der Waals surface area (Å²) in [7, 11) is 0. The van der Waals surface area contributed by atoms with Crippen molar-refractivity contribution in [3.05, 3.63) is 174 Å². The van der Waals surface area contributed by atoms with Crippen LogP contribution in [0.2, 0.25) is 0 Å². The number of pyridine rings is 2. The molecule has 11 rings (SSSR count). The molecule has 4 nitrogen and oxygen atoms in total. The van der Waals surface area contributed by atoms with Gasteiger partial charge < -0.3 is 9.13 Å². The van der Waals surface area contributed by atoms with E-state index in [0.29, 0.717) is 0 Å². The standard InChI is InChI=1S/C47H35N4.Pt/c1-46(2)37-19-11-17-35-36-18-12-20-38-44(36)51(43(35)37)45-39(46)27-34(28-40(45)47(38,3)4)50-32-15-9-13-30(25-32)41-21-5-7-23-48(41)29-49-24-8-6-22-42(49)31-14-10-16-33(50)26-31;/h5-24,27-29H,1-4H3;/q-1;. The minimum Gasteiger partial charge on any atom is -0.346 e. The number of fused-ring (bicyclic) bond motifs is 9. The van der Waals surface area contributed by atoms with Gasteiger partial charge in [0.1, 0.15) is 23.4 Å². The summed E-state index contributed by atoms with van der Waals surface area (Å²) < 4.78 is 9.31. The molecule has 9 aromatic rings. The SMILES string of the molecule is CC1(C)c2cc(-n3c4[c-]c(ccc4)c4cccc[n+]4[cH-][n+]4ccccc4c4[c-]c3ccc4)cc3c2-n2c4c1cccc4c1cccc(c12)C3(C)C.[Pt]. The van der Waals surface area contributed by atoms with Crippen molar-refractivity contribution in [1.82, 2.24) is 9.13 Å². The van der Waals surface area contributed by atoms with Gasteiger partial charge in [0.25, 0.3) is 0 Å². The third kappa shape index (κ3) is 4.05. The summed E-state index contributed by atoms with van der Waals surface area (Å²) in [4.78, 5) is 0. The zero-order chi connectivity index (χ0) is 34.2. The van der Waals surface area contributed by atoms with Crippen molar-refractivity contribution in [3.63, 3.8) is 0 Å². The Morgan fingerprint density at radius 2 is 1.00 bits per heavy atom. The molecule has 0 aliphatic carbocycles. The Balaban J connectivity index is 0.00000338. The van der Waals surface area contributed by atoms with Gasteiger partial charge in [-0.25, -0.2) is 8.80 Å². The molecule has 52 heavy (non-hydrogen) atoms. The van der Waals surface area contributed by atoms with Crippen molar-refractivity contribution in [1.29, 1.82) is 0 Å². The van der Waals surface area contributed by atoms with Crippen molar-refractivity contribution in [2.24, 2.45) is 0 Å². The van der Waals surface area contributed by atoms with Crippen LogP contribution in [0.25, 0.3) is 66.0 Å². The van der Waals surface area contributed by atoms with Crippen LogP contribution < -0.4 is 8.80 Å². The molecule has 6 heterocycles. The van der Waals surface area contributed by atoms with Crippen molar-refractivity contribution in [2.75, 3.05) is 0 Å². The second-order valence-electron chi connectivity index (χ2n) is 15.2. The van der Waals surface area contributed by atoms with Crippen LogP contribution in [0.4, 0.5) is 0 Å². The second kappa shape index (κ2) is 10.8. The second-order valence-corrected chi connectivity index (χ2v) is 15.2. The molecule has 0 saturated heterocycles. The average molecular weight is 851 g/mol. The van der Waals surface area contributed by atoms with Gasteiger partial charge in [-0.05, 0) is 69.7 Å². The summed E-state index contributed by atoms with van der Waals surface area (Å²) in [6.07, 6.45) is 6.34. The van der Waals surface area contributed by atoms with E-state index in [1.54, 1.807) is 0 Å². The molecule has 254 valence electrons. The molecule has 0 unspecified atom stereocenters. The Morgan fingerprint density at radius 1 is 0.519 bits per heavy atom. The largest absolute Gasteiger partial charge is 0.346 e. The van der Waals surface area contributed by atoms with Gasteiger partial charge in [0.2, 0.25) is 0 Å². The number of aromatic nitrogens is 4. The van der Waals surface area contributed by atoms with Gasteiger partial charge in [0, 0.05) is 48.4 Å². The van der Waals surface area contributed by atoms with Gasteiger partial charge in [-0.15, -0.1) is 48.5 Å². The Hall–Kier alpha value is -5.44. The zero-order valence-electron chi connectivity index (χ0n) is 29.4. The Kier molecular flexibility index (Phi) is 6.50. The molecular formula is C47H35N4Pt-. The van der Waals surface area contributed by atoms with Gasteiger partial charge >= 0.3 is 6.33 Å². The fraction of sp³-hybridized carbons (Fsp3) is 0.128. The zero-order valence-corrected chi connectivity index (χ0v) is 31.7. The summed E-state index contributed by atoms with van der Waals surface area (Å²) in [5.41, 5.74) is 14.1. The first-order chi connectivity index (χ1) is 24.8. The van der Waals surface area contributed by atoms with E-state index in [4.69, 9.17) is 0 Å². The molecular weight excluding hydrogens is 816 g/mol. The van der Waals surface area contributed by atoms with E-state index in [1.165, 1.54) is 49.7 Å². The molecule has 2 aliphatic heterocycles. The molecule has 2 aliphatic rings.